The first-order chi connectivity index (χ1) is 11.6. The third-order valence-corrected chi connectivity index (χ3v) is 3.77. The van der Waals surface area contributed by atoms with Crippen molar-refractivity contribution in [3.63, 3.8) is 0 Å². The molecule has 0 unspecified atom stereocenters. The van der Waals surface area contributed by atoms with Crippen LogP contribution in [0.2, 0.25) is 0 Å². The molecule has 0 aliphatic heterocycles. The number of para-hydroxylation sites is 1. The van der Waals surface area contributed by atoms with Gasteiger partial charge in [0.15, 0.2) is 5.78 Å². The summed E-state index contributed by atoms with van der Waals surface area (Å²) in [5, 5.41) is 0.775. The van der Waals surface area contributed by atoms with Gasteiger partial charge in [0, 0.05) is 17.4 Å². The average molecular weight is 324 g/mol. The van der Waals surface area contributed by atoms with Crippen LogP contribution in [0.5, 0.6) is 11.5 Å². The first-order valence-corrected chi connectivity index (χ1v) is 7.39. The van der Waals surface area contributed by atoms with E-state index in [0.717, 1.165) is 5.39 Å². The SMILES string of the molecule is COc1ccc(OC)c(C(=O)Cc2cc3ccccc3oc2=O)c1. The summed E-state index contributed by atoms with van der Waals surface area (Å²) in [7, 11) is 3.01. The number of rotatable bonds is 5. The van der Waals surface area contributed by atoms with Crippen LogP contribution in [0.1, 0.15) is 15.9 Å². The van der Waals surface area contributed by atoms with Gasteiger partial charge in [-0.3, -0.25) is 4.79 Å². The lowest BCUT2D eigenvalue weighted by Gasteiger charge is -2.09. The van der Waals surface area contributed by atoms with Crippen molar-refractivity contribution in [1.82, 2.24) is 0 Å². The number of Topliss-reactive ketones (excluding diaryl/α,β-unsaturated/α-hetero) is 1. The molecule has 0 atom stereocenters. The molecule has 0 aliphatic rings. The molecule has 0 fully saturated rings. The molecule has 0 aliphatic carbocycles. The molecule has 3 rings (SSSR count). The monoisotopic (exact) mass is 324 g/mol. The van der Waals surface area contributed by atoms with Gasteiger partial charge in [-0.15, -0.1) is 0 Å². The zero-order valence-electron chi connectivity index (χ0n) is 13.4. The summed E-state index contributed by atoms with van der Waals surface area (Å²) in [4.78, 5) is 24.7. The minimum absolute atomic E-state index is 0.0727. The number of fused-ring (bicyclic) bond motifs is 1. The van der Waals surface area contributed by atoms with Crippen LogP contribution in [0.25, 0.3) is 11.0 Å². The van der Waals surface area contributed by atoms with Crippen LogP contribution in [0.3, 0.4) is 0 Å². The first-order valence-electron chi connectivity index (χ1n) is 7.39. The summed E-state index contributed by atoms with van der Waals surface area (Å²) >= 11 is 0. The molecular weight excluding hydrogens is 308 g/mol. The number of hydrogen-bond acceptors (Lipinski definition) is 5. The summed E-state index contributed by atoms with van der Waals surface area (Å²) in [6.07, 6.45) is -0.0727. The number of ether oxygens (including phenoxy) is 2. The Hall–Kier alpha value is -3.08. The number of carbonyl (C=O) groups is 1. The van der Waals surface area contributed by atoms with Gasteiger partial charge in [-0.1, -0.05) is 18.2 Å². The van der Waals surface area contributed by atoms with Crippen LogP contribution in [-0.2, 0) is 6.42 Å². The van der Waals surface area contributed by atoms with Gasteiger partial charge >= 0.3 is 5.63 Å². The molecule has 5 heteroatoms. The zero-order valence-corrected chi connectivity index (χ0v) is 13.4. The second kappa shape index (κ2) is 6.58. The van der Waals surface area contributed by atoms with Gasteiger partial charge < -0.3 is 13.9 Å². The number of benzene rings is 2. The normalized spacial score (nSPS) is 10.6. The van der Waals surface area contributed by atoms with Crippen molar-refractivity contribution in [2.45, 2.75) is 6.42 Å². The predicted molar refractivity (Wildman–Crippen MR) is 90.1 cm³/mol. The van der Waals surface area contributed by atoms with E-state index in [0.29, 0.717) is 28.2 Å². The van der Waals surface area contributed by atoms with E-state index in [4.69, 9.17) is 13.9 Å². The smallest absolute Gasteiger partial charge is 0.339 e. The molecule has 5 nitrogen and oxygen atoms in total. The average Bonchev–Trinajstić information content (AvgIpc) is 2.61. The third kappa shape index (κ3) is 3.01. The molecule has 0 radical (unpaired) electrons. The van der Waals surface area contributed by atoms with Crippen molar-refractivity contribution >= 4 is 16.8 Å². The highest BCUT2D eigenvalue weighted by Gasteiger charge is 2.17. The fourth-order valence-corrected chi connectivity index (χ4v) is 2.53. The second-order valence-electron chi connectivity index (χ2n) is 5.26. The van der Waals surface area contributed by atoms with Crippen molar-refractivity contribution in [3.05, 3.63) is 70.1 Å². The van der Waals surface area contributed by atoms with Crippen LogP contribution in [0, 0.1) is 0 Å². The third-order valence-electron chi connectivity index (χ3n) is 3.77. The largest absolute Gasteiger partial charge is 0.497 e. The quantitative estimate of drug-likeness (QED) is 0.532. The summed E-state index contributed by atoms with van der Waals surface area (Å²) < 4.78 is 15.6. The Balaban J connectivity index is 1.98. The van der Waals surface area contributed by atoms with Crippen molar-refractivity contribution in [3.8, 4) is 11.5 Å². The van der Waals surface area contributed by atoms with Crippen LogP contribution in [0.4, 0.5) is 0 Å². The van der Waals surface area contributed by atoms with Gasteiger partial charge in [0.2, 0.25) is 0 Å². The van der Waals surface area contributed by atoms with Crippen LogP contribution >= 0.6 is 0 Å². The Morgan fingerprint density at radius 3 is 2.58 bits per heavy atom. The van der Waals surface area contributed by atoms with E-state index < -0.39 is 5.63 Å². The Morgan fingerprint density at radius 1 is 1.04 bits per heavy atom. The van der Waals surface area contributed by atoms with E-state index in [9.17, 15) is 9.59 Å². The van der Waals surface area contributed by atoms with E-state index in [1.165, 1.54) is 14.2 Å². The highest BCUT2D eigenvalue weighted by molar-refractivity contribution is 6.00. The minimum atomic E-state index is -0.510. The van der Waals surface area contributed by atoms with E-state index in [1.54, 1.807) is 36.4 Å². The van der Waals surface area contributed by atoms with Gasteiger partial charge in [0.05, 0.1) is 19.8 Å². The first kappa shape index (κ1) is 15.8. The number of ketones is 1. The zero-order chi connectivity index (χ0) is 17.1. The molecule has 24 heavy (non-hydrogen) atoms. The van der Waals surface area contributed by atoms with Gasteiger partial charge in [0.1, 0.15) is 17.1 Å². The Bertz CT molecular complexity index is 955. The maximum absolute atomic E-state index is 12.6. The molecule has 0 N–H and O–H groups in total. The summed E-state index contributed by atoms with van der Waals surface area (Å²) in [5.74, 6) is 0.740. The summed E-state index contributed by atoms with van der Waals surface area (Å²) in [5.41, 5.74) is 0.662. The molecule has 0 amide bonds. The highest BCUT2D eigenvalue weighted by Crippen LogP contribution is 2.25. The lowest BCUT2D eigenvalue weighted by atomic mass is 10.0. The second-order valence-corrected chi connectivity index (χ2v) is 5.26. The molecule has 0 bridgehead atoms. The van der Waals surface area contributed by atoms with Crippen molar-refractivity contribution in [1.29, 1.82) is 0 Å². The molecule has 0 saturated carbocycles. The number of carbonyl (C=O) groups excluding carboxylic acids is 1. The van der Waals surface area contributed by atoms with Gasteiger partial charge in [-0.05, 0) is 30.3 Å². The van der Waals surface area contributed by atoms with E-state index in [1.807, 2.05) is 12.1 Å². The van der Waals surface area contributed by atoms with E-state index >= 15 is 0 Å². The van der Waals surface area contributed by atoms with Crippen LogP contribution in [-0.4, -0.2) is 20.0 Å². The maximum Gasteiger partial charge on any atom is 0.339 e. The molecule has 1 heterocycles. The molecule has 3 aromatic rings. The van der Waals surface area contributed by atoms with E-state index in [-0.39, 0.29) is 12.2 Å². The maximum atomic E-state index is 12.6. The summed E-state index contributed by atoms with van der Waals surface area (Å²) in [6.45, 7) is 0. The van der Waals surface area contributed by atoms with Crippen molar-refractivity contribution < 1.29 is 18.7 Å². The molecular formula is C19H16O5. The Labute approximate surface area is 138 Å². The lowest BCUT2D eigenvalue weighted by Crippen LogP contribution is -2.14. The lowest BCUT2D eigenvalue weighted by molar-refractivity contribution is 0.0988. The predicted octanol–water partition coefficient (Wildman–Crippen LogP) is 3.24. The molecule has 1 aromatic heterocycles. The van der Waals surface area contributed by atoms with Gasteiger partial charge in [0.25, 0.3) is 0 Å². The fraction of sp³-hybridized carbons (Fsp3) is 0.158. The standard InChI is InChI=1S/C19H16O5/c1-22-14-7-8-18(23-2)15(11-14)16(20)10-13-9-12-5-3-4-6-17(12)24-19(13)21/h3-9,11H,10H2,1-2H3. The molecule has 122 valence electrons. The van der Waals surface area contributed by atoms with E-state index in [2.05, 4.69) is 0 Å². The highest BCUT2D eigenvalue weighted by atomic mass is 16.5. The van der Waals surface area contributed by atoms with Crippen LogP contribution < -0.4 is 15.1 Å². The molecule has 2 aromatic carbocycles. The van der Waals surface area contributed by atoms with Crippen molar-refractivity contribution in [2.24, 2.45) is 0 Å². The van der Waals surface area contributed by atoms with Crippen LogP contribution in [0.15, 0.2) is 57.7 Å². The Morgan fingerprint density at radius 2 is 1.83 bits per heavy atom. The minimum Gasteiger partial charge on any atom is -0.497 e. The van der Waals surface area contributed by atoms with Gasteiger partial charge in [-0.25, -0.2) is 4.79 Å². The topological polar surface area (TPSA) is 65.7 Å². The molecule has 0 saturated heterocycles. The number of methoxy groups -OCH3 is 2. The Kier molecular flexibility index (Phi) is 4.33. The fourth-order valence-electron chi connectivity index (χ4n) is 2.53. The summed E-state index contributed by atoms with van der Waals surface area (Å²) in [6, 6.07) is 13.8. The molecule has 0 spiro atoms. The van der Waals surface area contributed by atoms with Crippen molar-refractivity contribution in [2.75, 3.05) is 14.2 Å². The van der Waals surface area contributed by atoms with Gasteiger partial charge in [-0.2, -0.15) is 0 Å². The number of hydrogen-bond donors (Lipinski definition) is 0.